The maximum absolute atomic E-state index is 12.1. The molecule has 0 aliphatic carbocycles. The summed E-state index contributed by atoms with van der Waals surface area (Å²) in [6.45, 7) is 1.91. The highest BCUT2D eigenvalue weighted by Gasteiger charge is 2.18. The quantitative estimate of drug-likeness (QED) is 0.866. The lowest BCUT2D eigenvalue weighted by Crippen LogP contribution is -2.39. The summed E-state index contributed by atoms with van der Waals surface area (Å²) >= 11 is 1.52. The van der Waals surface area contributed by atoms with Crippen molar-refractivity contribution >= 4 is 17.2 Å². The molecule has 1 aliphatic rings. The molecular weight excluding hydrogens is 274 g/mol. The zero-order chi connectivity index (χ0) is 13.8. The van der Waals surface area contributed by atoms with Gasteiger partial charge in [-0.15, -0.1) is 11.3 Å². The van der Waals surface area contributed by atoms with E-state index in [4.69, 9.17) is 4.74 Å². The van der Waals surface area contributed by atoms with Gasteiger partial charge in [0, 0.05) is 18.1 Å². The number of carbonyl (C=O) groups is 1. The highest BCUT2D eigenvalue weighted by atomic mass is 32.1. The Hall–Kier alpha value is -1.79. The molecule has 0 unspecified atom stereocenters. The molecule has 1 saturated heterocycles. The predicted octanol–water partition coefficient (Wildman–Crippen LogP) is 1.95. The van der Waals surface area contributed by atoms with Crippen molar-refractivity contribution in [3.05, 3.63) is 35.5 Å². The number of hydrogen-bond acceptors (Lipinski definition) is 5. The number of thiazole rings is 1. The molecule has 0 saturated carbocycles. The first-order valence-electron chi connectivity index (χ1n) is 6.54. The van der Waals surface area contributed by atoms with Crippen LogP contribution in [0.25, 0.3) is 10.7 Å². The Kier molecular flexibility index (Phi) is 4.03. The first kappa shape index (κ1) is 13.2. The minimum atomic E-state index is 0.0718. The Labute approximate surface area is 121 Å². The second-order valence-corrected chi connectivity index (χ2v) is 5.44. The van der Waals surface area contributed by atoms with E-state index in [0.29, 0.717) is 13.2 Å². The van der Waals surface area contributed by atoms with Crippen molar-refractivity contribution in [2.24, 2.45) is 0 Å². The molecule has 0 aromatic carbocycles. The zero-order valence-electron chi connectivity index (χ0n) is 11.0. The van der Waals surface area contributed by atoms with Crippen LogP contribution in [-0.2, 0) is 16.0 Å². The van der Waals surface area contributed by atoms with Crippen molar-refractivity contribution in [2.75, 3.05) is 19.9 Å². The number of amides is 1. The zero-order valence-corrected chi connectivity index (χ0v) is 11.8. The number of pyridine rings is 1. The summed E-state index contributed by atoms with van der Waals surface area (Å²) in [5, 5.41) is 2.77. The molecule has 1 amide bonds. The predicted molar refractivity (Wildman–Crippen MR) is 76.2 cm³/mol. The first-order valence-corrected chi connectivity index (χ1v) is 7.42. The van der Waals surface area contributed by atoms with E-state index in [1.54, 1.807) is 11.1 Å². The maximum atomic E-state index is 12.1. The van der Waals surface area contributed by atoms with Crippen molar-refractivity contribution < 1.29 is 9.53 Å². The molecule has 20 heavy (non-hydrogen) atoms. The fourth-order valence-electron chi connectivity index (χ4n) is 2.06. The van der Waals surface area contributed by atoms with Crippen LogP contribution in [0.2, 0.25) is 0 Å². The molecule has 6 heteroatoms. The van der Waals surface area contributed by atoms with Gasteiger partial charge in [-0.05, 0) is 18.6 Å². The molecule has 0 atom stereocenters. The van der Waals surface area contributed by atoms with Crippen molar-refractivity contribution in [1.82, 2.24) is 14.9 Å². The molecule has 0 N–H and O–H groups in total. The van der Waals surface area contributed by atoms with Gasteiger partial charge in [-0.3, -0.25) is 9.78 Å². The molecule has 3 heterocycles. The number of aromatic nitrogens is 2. The Balaban J connectivity index is 1.66. The monoisotopic (exact) mass is 289 g/mol. The molecule has 0 bridgehead atoms. The summed E-state index contributed by atoms with van der Waals surface area (Å²) in [6, 6.07) is 5.72. The molecule has 5 nitrogen and oxygen atoms in total. The molecule has 2 aromatic heterocycles. The van der Waals surface area contributed by atoms with Gasteiger partial charge in [0.25, 0.3) is 0 Å². The van der Waals surface area contributed by atoms with Crippen LogP contribution in [0.15, 0.2) is 29.8 Å². The summed E-state index contributed by atoms with van der Waals surface area (Å²) in [4.78, 5) is 22.6. The second-order valence-electron chi connectivity index (χ2n) is 4.58. The van der Waals surface area contributed by atoms with Crippen LogP contribution in [-0.4, -0.2) is 40.7 Å². The highest BCUT2D eigenvalue weighted by molar-refractivity contribution is 7.13. The van der Waals surface area contributed by atoms with Gasteiger partial charge in [-0.25, -0.2) is 4.98 Å². The summed E-state index contributed by atoms with van der Waals surface area (Å²) in [6.07, 6.45) is 2.97. The van der Waals surface area contributed by atoms with E-state index in [9.17, 15) is 4.79 Å². The summed E-state index contributed by atoms with van der Waals surface area (Å²) < 4.78 is 5.29. The average molecular weight is 289 g/mol. The lowest BCUT2D eigenvalue weighted by Gasteiger charge is -2.26. The van der Waals surface area contributed by atoms with E-state index in [1.807, 2.05) is 23.6 Å². The van der Waals surface area contributed by atoms with Crippen LogP contribution in [0.5, 0.6) is 0 Å². The Morgan fingerprint density at radius 2 is 2.40 bits per heavy atom. The summed E-state index contributed by atoms with van der Waals surface area (Å²) in [5.41, 5.74) is 1.64. The lowest BCUT2D eigenvalue weighted by molar-refractivity contribution is -0.139. The normalized spacial score (nSPS) is 15.3. The van der Waals surface area contributed by atoms with Gasteiger partial charge >= 0.3 is 0 Å². The van der Waals surface area contributed by atoms with Gasteiger partial charge in [0.1, 0.15) is 11.7 Å². The standard InChI is InChI=1S/C14H15N3O2S/c18-13(17-6-3-7-19-10-17)8-11-9-20-14(16-11)12-4-1-2-5-15-12/h1-2,4-5,9H,3,6-8,10H2. The van der Waals surface area contributed by atoms with E-state index < -0.39 is 0 Å². The summed E-state index contributed by atoms with van der Waals surface area (Å²) in [5.74, 6) is 0.0718. The third kappa shape index (κ3) is 3.02. The van der Waals surface area contributed by atoms with E-state index in [0.717, 1.165) is 36.0 Å². The molecular formula is C14H15N3O2S. The smallest absolute Gasteiger partial charge is 0.230 e. The van der Waals surface area contributed by atoms with Gasteiger partial charge in [0.05, 0.1) is 24.4 Å². The van der Waals surface area contributed by atoms with Crippen LogP contribution < -0.4 is 0 Å². The Morgan fingerprint density at radius 1 is 1.45 bits per heavy atom. The number of carbonyl (C=O) groups excluding carboxylic acids is 1. The van der Waals surface area contributed by atoms with Gasteiger partial charge in [-0.1, -0.05) is 6.07 Å². The number of ether oxygens (including phenoxy) is 1. The second kappa shape index (κ2) is 6.11. The minimum Gasteiger partial charge on any atom is -0.361 e. The average Bonchev–Trinajstić information content (AvgIpc) is 2.97. The Morgan fingerprint density at radius 3 is 3.15 bits per heavy atom. The van der Waals surface area contributed by atoms with Crippen molar-refractivity contribution in [3.63, 3.8) is 0 Å². The van der Waals surface area contributed by atoms with Gasteiger partial charge < -0.3 is 9.64 Å². The molecule has 2 aromatic rings. The van der Waals surface area contributed by atoms with E-state index in [1.165, 1.54) is 11.3 Å². The molecule has 0 spiro atoms. The highest BCUT2D eigenvalue weighted by Crippen LogP contribution is 2.21. The number of nitrogens with zero attached hydrogens (tertiary/aromatic N) is 3. The molecule has 0 radical (unpaired) electrons. The van der Waals surface area contributed by atoms with Crippen molar-refractivity contribution in [1.29, 1.82) is 0 Å². The Bertz CT molecular complexity index is 579. The van der Waals surface area contributed by atoms with Gasteiger partial charge in [-0.2, -0.15) is 0 Å². The third-order valence-electron chi connectivity index (χ3n) is 3.08. The molecule has 104 valence electrons. The molecule has 1 aliphatic heterocycles. The topological polar surface area (TPSA) is 55.3 Å². The van der Waals surface area contributed by atoms with Crippen LogP contribution in [0.1, 0.15) is 12.1 Å². The van der Waals surface area contributed by atoms with E-state index in [-0.39, 0.29) is 5.91 Å². The van der Waals surface area contributed by atoms with E-state index in [2.05, 4.69) is 9.97 Å². The number of rotatable bonds is 3. The summed E-state index contributed by atoms with van der Waals surface area (Å²) in [7, 11) is 0. The van der Waals surface area contributed by atoms with Gasteiger partial charge in [0.15, 0.2) is 0 Å². The molecule has 1 fully saturated rings. The molecule has 3 rings (SSSR count). The number of hydrogen-bond donors (Lipinski definition) is 0. The van der Waals surface area contributed by atoms with Crippen molar-refractivity contribution in [2.45, 2.75) is 12.8 Å². The van der Waals surface area contributed by atoms with Crippen LogP contribution in [0, 0.1) is 0 Å². The third-order valence-corrected chi connectivity index (χ3v) is 4.00. The van der Waals surface area contributed by atoms with Crippen molar-refractivity contribution in [3.8, 4) is 10.7 Å². The van der Waals surface area contributed by atoms with Crippen LogP contribution in [0.3, 0.4) is 0 Å². The minimum absolute atomic E-state index is 0.0718. The fraction of sp³-hybridized carbons (Fsp3) is 0.357. The van der Waals surface area contributed by atoms with Crippen LogP contribution >= 0.6 is 11.3 Å². The van der Waals surface area contributed by atoms with E-state index >= 15 is 0 Å². The maximum Gasteiger partial charge on any atom is 0.230 e. The first-order chi connectivity index (χ1) is 9.83. The SMILES string of the molecule is O=C(Cc1csc(-c2ccccn2)n1)N1CCCOC1. The largest absolute Gasteiger partial charge is 0.361 e. The lowest BCUT2D eigenvalue weighted by atomic mass is 10.3. The van der Waals surface area contributed by atoms with Gasteiger partial charge in [0.2, 0.25) is 5.91 Å². The fourth-order valence-corrected chi connectivity index (χ4v) is 2.85. The van der Waals surface area contributed by atoms with Crippen LogP contribution in [0.4, 0.5) is 0 Å².